The van der Waals surface area contributed by atoms with E-state index in [0.29, 0.717) is 37.0 Å². The molecular weight excluding hydrogens is 336 g/mol. The molecule has 1 fully saturated rings. The second kappa shape index (κ2) is 11.1. The minimum atomic E-state index is -0.192. The fourth-order valence-corrected chi connectivity index (χ4v) is 2.89. The number of thiocarbonyl (C=S) groups is 1. The summed E-state index contributed by atoms with van der Waals surface area (Å²) in [5.74, 6) is 0.602. The third kappa shape index (κ3) is 7.00. The highest BCUT2D eigenvalue weighted by molar-refractivity contribution is 7.80. The van der Waals surface area contributed by atoms with Crippen molar-refractivity contribution in [3.05, 3.63) is 29.8 Å². The number of hydrogen-bond donors (Lipinski definition) is 1. The zero-order valence-corrected chi connectivity index (χ0v) is 15.8. The number of ether oxygens (including phenoxy) is 2. The van der Waals surface area contributed by atoms with E-state index in [2.05, 4.69) is 12.2 Å². The van der Waals surface area contributed by atoms with Crippen LogP contribution in [0.4, 0.5) is 0 Å². The minimum absolute atomic E-state index is 0.192. The molecule has 0 aromatic heterocycles. The van der Waals surface area contributed by atoms with E-state index in [-0.39, 0.29) is 5.91 Å². The largest absolute Gasteiger partial charge is 0.494 e. The first kappa shape index (κ1) is 19.7. The van der Waals surface area contributed by atoms with Crippen LogP contribution in [0.3, 0.4) is 0 Å². The maximum absolute atomic E-state index is 12.3. The number of amides is 1. The first-order valence-corrected chi connectivity index (χ1v) is 9.52. The smallest absolute Gasteiger partial charge is 0.257 e. The Morgan fingerprint density at radius 2 is 1.84 bits per heavy atom. The molecule has 1 N–H and O–H groups in total. The van der Waals surface area contributed by atoms with E-state index < -0.39 is 0 Å². The van der Waals surface area contributed by atoms with E-state index in [4.69, 9.17) is 21.7 Å². The van der Waals surface area contributed by atoms with Crippen LogP contribution in [-0.2, 0) is 4.74 Å². The van der Waals surface area contributed by atoms with Crippen LogP contribution in [0.1, 0.15) is 49.4 Å². The van der Waals surface area contributed by atoms with Crippen LogP contribution >= 0.6 is 12.2 Å². The van der Waals surface area contributed by atoms with Crippen molar-refractivity contribution >= 4 is 23.2 Å². The first-order chi connectivity index (χ1) is 12.2. The highest BCUT2D eigenvalue weighted by Crippen LogP contribution is 2.13. The molecule has 25 heavy (non-hydrogen) atoms. The van der Waals surface area contributed by atoms with E-state index in [9.17, 15) is 4.79 Å². The molecule has 0 aliphatic carbocycles. The quantitative estimate of drug-likeness (QED) is 0.566. The Morgan fingerprint density at radius 3 is 2.52 bits per heavy atom. The molecule has 2 rings (SSSR count). The van der Waals surface area contributed by atoms with Gasteiger partial charge >= 0.3 is 0 Å². The second-order valence-electron chi connectivity index (χ2n) is 6.15. The number of carbonyl (C=O) groups is 1. The normalized spacial score (nSPS) is 14.2. The number of unbranched alkanes of at least 4 members (excludes halogenated alkanes) is 4. The topological polar surface area (TPSA) is 50.8 Å². The fraction of sp³-hybridized carbons (Fsp3) is 0.579. The maximum Gasteiger partial charge on any atom is 0.257 e. The number of nitrogens with zero attached hydrogens (tertiary/aromatic N) is 1. The van der Waals surface area contributed by atoms with Gasteiger partial charge in [0.1, 0.15) is 5.75 Å². The molecule has 5 nitrogen and oxygen atoms in total. The van der Waals surface area contributed by atoms with Crippen molar-refractivity contribution in [3.8, 4) is 5.75 Å². The van der Waals surface area contributed by atoms with Crippen molar-refractivity contribution in [3.63, 3.8) is 0 Å². The predicted molar refractivity (Wildman–Crippen MR) is 103 cm³/mol. The Balaban J connectivity index is 1.72. The number of hydrogen-bond acceptors (Lipinski definition) is 4. The summed E-state index contributed by atoms with van der Waals surface area (Å²) in [5.41, 5.74) is 0.575. The summed E-state index contributed by atoms with van der Waals surface area (Å²) >= 11 is 5.29. The van der Waals surface area contributed by atoms with E-state index in [1.807, 2.05) is 17.0 Å². The van der Waals surface area contributed by atoms with Gasteiger partial charge in [0.15, 0.2) is 5.11 Å². The molecule has 1 heterocycles. The molecular formula is C19H28N2O3S. The fourth-order valence-electron chi connectivity index (χ4n) is 2.61. The molecule has 1 aliphatic heterocycles. The van der Waals surface area contributed by atoms with Gasteiger partial charge in [0.2, 0.25) is 0 Å². The van der Waals surface area contributed by atoms with Crippen LogP contribution in [0.25, 0.3) is 0 Å². The Morgan fingerprint density at radius 1 is 1.16 bits per heavy atom. The minimum Gasteiger partial charge on any atom is -0.494 e. The van der Waals surface area contributed by atoms with Gasteiger partial charge in [-0.3, -0.25) is 10.1 Å². The van der Waals surface area contributed by atoms with Crippen molar-refractivity contribution in [1.29, 1.82) is 0 Å². The molecule has 0 saturated carbocycles. The lowest BCUT2D eigenvalue weighted by Gasteiger charge is -2.28. The highest BCUT2D eigenvalue weighted by Gasteiger charge is 2.16. The van der Waals surface area contributed by atoms with Crippen LogP contribution in [-0.4, -0.2) is 48.8 Å². The summed E-state index contributed by atoms with van der Waals surface area (Å²) in [4.78, 5) is 14.2. The second-order valence-corrected chi connectivity index (χ2v) is 6.53. The van der Waals surface area contributed by atoms with E-state index >= 15 is 0 Å². The van der Waals surface area contributed by atoms with Gasteiger partial charge in [0, 0.05) is 18.7 Å². The van der Waals surface area contributed by atoms with Crippen molar-refractivity contribution in [2.24, 2.45) is 0 Å². The van der Waals surface area contributed by atoms with Gasteiger partial charge in [0.25, 0.3) is 5.91 Å². The molecule has 1 saturated heterocycles. The zero-order valence-electron chi connectivity index (χ0n) is 15.0. The maximum atomic E-state index is 12.3. The van der Waals surface area contributed by atoms with Gasteiger partial charge < -0.3 is 14.4 Å². The molecule has 138 valence electrons. The average molecular weight is 365 g/mol. The molecule has 1 amide bonds. The van der Waals surface area contributed by atoms with Crippen LogP contribution in [0.2, 0.25) is 0 Å². The standard InChI is InChI=1S/C19H28N2O3S/c1-2-3-4-5-6-13-24-17-9-7-16(8-10-17)18(22)20-19(25)21-11-14-23-15-12-21/h7-10H,2-6,11-15H2,1H3,(H,20,22,25). The van der Waals surface area contributed by atoms with Crippen LogP contribution < -0.4 is 10.1 Å². The van der Waals surface area contributed by atoms with E-state index in [1.165, 1.54) is 25.7 Å². The number of carbonyl (C=O) groups excluding carboxylic acids is 1. The third-order valence-electron chi connectivity index (χ3n) is 4.15. The average Bonchev–Trinajstić information content (AvgIpc) is 2.65. The van der Waals surface area contributed by atoms with Crippen molar-refractivity contribution in [1.82, 2.24) is 10.2 Å². The van der Waals surface area contributed by atoms with Gasteiger partial charge in [0.05, 0.1) is 19.8 Å². The Hall–Kier alpha value is -1.66. The molecule has 1 aromatic carbocycles. The molecule has 1 aliphatic rings. The summed E-state index contributed by atoms with van der Waals surface area (Å²) in [6.07, 6.45) is 6.07. The van der Waals surface area contributed by atoms with Crippen molar-refractivity contribution in [2.45, 2.75) is 39.0 Å². The van der Waals surface area contributed by atoms with Crippen molar-refractivity contribution in [2.75, 3.05) is 32.9 Å². The molecule has 1 aromatic rings. The van der Waals surface area contributed by atoms with Gasteiger partial charge in [-0.05, 0) is 42.9 Å². The highest BCUT2D eigenvalue weighted by atomic mass is 32.1. The Kier molecular flexibility index (Phi) is 8.69. The SMILES string of the molecule is CCCCCCCOc1ccc(C(=O)NC(=S)N2CCOCC2)cc1. The van der Waals surface area contributed by atoms with Gasteiger partial charge in [-0.15, -0.1) is 0 Å². The summed E-state index contributed by atoms with van der Waals surface area (Å²) in [5, 5.41) is 3.24. The monoisotopic (exact) mass is 364 g/mol. The van der Waals surface area contributed by atoms with Gasteiger partial charge in [-0.2, -0.15) is 0 Å². The molecule has 0 atom stereocenters. The van der Waals surface area contributed by atoms with E-state index in [1.54, 1.807) is 12.1 Å². The molecule has 0 spiro atoms. The summed E-state index contributed by atoms with van der Waals surface area (Å²) < 4.78 is 11.0. The van der Waals surface area contributed by atoms with Gasteiger partial charge in [-0.25, -0.2) is 0 Å². The lowest BCUT2D eigenvalue weighted by Crippen LogP contribution is -2.47. The summed E-state index contributed by atoms with van der Waals surface area (Å²) in [7, 11) is 0. The lowest BCUT2D eigenvalue weighted by atomic mass is 10.2. The van der Waals surface area contributed by atoms with Crippen LogP contribution in [0.15, 0.2) is 24.3 Å². The van der Waals surface area contributed by atoms with E-state index in [0.717, 1.165) is 18.8 Å². The predicted octanol–water partition coefficient (Wildman–Crippen LogP) is 3.38. The zero-order chi connectivity index (χ0) is 17.9. The Labute approximate surface area is 155 Å². The number of nitrogens with one attached hydrogen (secondary N) is 1. The number of rotatable bonds is 8. The lowest BCUT2D eigenvalue weighted by molar-refractivity contribution is 0.0669. The van der Waals surface area contributed by atoms with Crippen LogP contribution in [0.5, 0.6) is 5.75 Å². The molecule has 0 radical (unpaired) electrons. The summed E-state index contributed by atoms with van der Waals surface area (Å²) in [6, 6.07) is 7.20. The third-order valence-corrected chi connectivity index (χ3v) is 4.51. The molecule has 0 unspecified atom stereocenters. The summed E-state index contributed by atoms with van der Waals surface area (Å²) in [6.45, 7) is 5.63. The number of morpholine rings is 1. The van der Waals surface area contributed by atoms with Crippen LogP contribution in [0, 0.1) is 0 Å². The number of benzene rings is 1. The van der Waals surface area contributed by atoms with Crippen molar-refractivity contribution < 1.29 is 14.3 Å². The van der Waals surface area contributed by atoms with Gasteiger partial charge in [-0.1, -0.05) is 32.6 Å². The molecule has 0 bridgehead atoms. The molecule has 6 heteroatoms. The first-order valence-electron chi connectivity index (χ1n) is 9.11. The Bertz CT molecular complexity index is 542.